The number of quaternary nitrogens is 2. The molecule has 7 rings (SSSR count). The fraction of sp³-hybridized carbons (Fsp3) is 0.423. The number of anilines is 1. The van der Waals surface area contributed by atoms with Gasteiger partial charge in [0.25, 0.3) is 0 Å². The molecule has 4 aliphatic heterocycles. The summed E-state index contributed by atoms with van der Waals surface area (Å²) in [4.78, 5) is 18.2. The van der Waals surface area contributed by atoms with Crippen molar-refractivity contribution in [1.29, 1.82) is 0 Å². The van der Waals surface area contributed by atoms with E-state index in [0.29, 0.717) is 6.04 Å². The molecule has 2 bridgehead atoms. The van der Waals surface area contributed by atoms with E-state index in [9.17, 15) is 4.79 Å². The fourth-order valence-corrected chi connectivity index (χ4v) is 6.95. The number of hydrogen-bond donors (Lipinski definition) is 3. The summed E-state index contributed by atoms with van der Waals surface area (Å²) in [6, 6.07) is 17.9. The van der Waals surface area contributed by atoms with Gasteiger partial charge < -0.3 is 15.1 Å². The molecule has 5 nitrogen and oxygen atoms in total. The van der Waals surface area contributed by atoms with Crippen molar-refractivity contribution in [2.45, 2.75) is 18.9 Å². The van der Waals surface area contributed by atoms with Crippen molar-refractivity contribution >= 4 is 33.0 Å². The number of carbonyl (C=O) groups is 1. The molecule has 6 heteroatoms. The van der Waals surface area contributed by atoms with Gasteiger partial charge in [-0.2, -0.15) is 0 Å². The van der Waals surface area contributed by atoms with Gasteiger partial charge in [-0.1, -0.05) is 30.3 Å². The highest BCUT2D eigenvalue weighted by Gasteiger charge is 2.41. The van der Waals surface area contributed by atoms with Crippen LogP contribution in [0.25, 0.3) is 21.2 Å². The van der Waals surface area contributed by atoms with Gasteiger partial charge in [0.05, 0.1) is 13.1 Å². The van der Waals surface area contributed by atoms with Crippen LogP contribution in [0, 0.1) is 5.92 Å². The van der Waals surface area contributed by atoms with Crippen molar-refractivity contribution in [2.75, 3.05) is 50.7 Å². The minimum absolute atomic E-state index is 0.226. The van der Waals surface area contributed by atoms with Crippen LogP contribution in [0.15, 0.2) is 48.5 Å². The average molecular weight is 449 g/mol. The summed E-state index contributed by atoms with van der Waals surface area (Å²) in [5.41, 5.74) is 3.74. The first kappa shape index (κ1) is 20.4. The number of rotatable bonds is 4. The zero-order valence-corrected chi connectivity index (χ0v) is 19.3. The number of fused-ring (bicyclic) bond motifs is 4. The maximum absolute atomic E-state index is 13.2. The predicted molar refractivity (Wildman–Crippen MR) is 131 cm³/mol. The number of amides is 1. The molecule has 0 aliphatic carbocycles. The molecule has 166 valence electrons. The Hall–Kier alpha value is -2.25. The molecule has 0 saturated carbocycles. The number of benzene rings is 2. The van der Waals surface area contributed by atoms with Gasteiger partial charge >= 0.3 is 5.91 Å². The monoisotopic (exact) mass is 448 g/mol. The van der Waals surface area contributed by atoms with Crippen LogP contribution in [-0.2, 0) is 0 Å². The lowest BCUT2D eigenvalue weighted by Gasteiger charge is -2.39. The van der Waals surface area contributed by atoms with E-state index in [2.05, 4.69) is 64.1 Å². The maximum atomic E-state index is 13.2. The minimum Gasteiger partial charge on any atom is -0.369 e. The van der Waals surface area contributed by atoms with Crippen molar-refractivity contribution in [1.82, 2.24) is 5.32 Å². The van der Waals surface area contributed by atoms with Crippen LogP contribution < -0.4 is 20.4 Å². The van der Waals surface area contributed by atoms with Gasteiger partial charge in [0, 0.05) is 55.3 Å². The molecule has 4 fully saturated rings. The maximum Gasteiger partial charge on any atom is 0.353 e. The topological polar surface area (TPSA) is 53.4 Å². The smallest absolute Gasteiger partial charge is 0.353 e. The number of hydrogen-bond acceptors (Lipinski definition) is 4. The number of nitrogens with two attached hydrogens (primary N) is 1. The molecule has 32 heavy (non-hydrogen) atoms. The molecule has 1 aromatic heterocycles. The fourth-order valence-electron chi connectivity index (χ4n) is 5.84. The number of carbonyl (C=O) groups excluding carboxylic acids is 1. The number of piperidine rings is 3. The van der Waals surface area contributed by atoms with Crippen LogP contribution in [0.4, 0.5) is 5.69 Å². The molecule has 4 N–H and O–H groups in total. The molecule has 0 spiro atoms. The van der Waals surface area contributed by atoms with Crippen LogP contribution >= 0.6 is 11.3 Å². The highest BCUT2D eigenvalue weighted by Crippen LogP contribution is 2.35. The summed E-state index contributed by atoms with van der Waals surface area (Å²) < 4.78 is 1.22. The number of primary amides is 1. The van der Waals surface area contributed by atoms with Gasteiger partial charge in [-0.15, -0.1) is 11.3 Å². The summed E-state index contributed by atoms with van der Waals surface area (Å²) in [5.74, 6) is 0.944. The molecule has 1 amide bonds. The van der Waals surface area contributed by atoms with E-state index in [1.165, 1.54) is 52.8 Å². The summed E-state index contributed by atoms with van der Waals surface area (Å²) >= 11 is 1.66. The lowest BCUT2D eigenvalue weighted by Crippen LogP contribution is -3.20. The van der Waals surface area contributed by atoms with Crippen molar-refractivity contribution in [3.63, 3.8) is 0 Å². The first-order valence-electron chi connectivity index (χ1n) is 12.1. The van der Waals surface area contributed by atoms with Crippen molar-refractivity contribution in [3.8, 4) is 11.1 Å². The Morgan fingerprint density at radius 2 is 1.84 bits per heavy atom. The van der Waals surface area contributed by atoms with E-state index < -0.39 is 0 Å². The Morgan fingerprint density at radius 3 is 2.56 bits per heavy atom. The van der Waals surface area contributed by atoms with E-state index in [0.717, 1.165) is 43.5 Å². The van der Waals surface area contributed by atoms with E-state index >= 15 is 0 Å². The molecule has 1 unspecified atom stereocenters. The zero-order chi connectivity index (χ0) is 21.5. The zero-order valence-electron chi connectivity index (χ0n) is 18.5. The summed E-state index contributed by atoms with van der Waals surface area (Å²) in [6.07, 6.45) is 2.56. The minimum atomic E-state index is 0.226. The molecule has 1 atom stereocenters. The largest absolute Gasteiger partial charge is 0.369 e. The number of piperazine rings is 1. The lowest BCUT2D eigenvalue weighted by molar-refractivity contribution is -0.935. The molecule has 0 radical (unpaired) electrons. The predicted octanol–water partition coefficient (Wildman–Crippen LogP) is 1.36. The number of thiophene rings is 1. The second-order valence-electron chi connectivity index (χ2n) is 9.60. The van der Waals surface area contributed by atoms with E-state index in [1.807, 2.05) is 0 Å². The quantitative estimate of drug-likeness (QED) is 0.565. The Morgan fingerprint density at radius 1 is 1.06 bits per heavy atom. The summed E-state index contributed by atoms with van der Waals surface area (Å²) in [7, 11) is 0. The first-order chi connectivity index (χ1) is 15.7. The van der Waals surface area contributed by atoms with E-state index in [1.54, 1.807) is 16.2 Å². The summed E-state index contributed by atoms with van der Waals surface area (Å²) in [5, 5.41) is 6.64. The van der Waals surface area contributed by atoms with Gasteiger partial charge in [-0.05, 0) is 34.7 Å². The molecular weight excluding hydrogens is 416 g/mol. The molecule has 4 saturated heterocycles. The number of nitrogens with one attached hydrogen (secondary N) is 2. The van der Waals surface area contributed by atoms with Crippen LogP contribution in [0.1, 0.15) is 22.5 Å². The Bertz CT molecular complexity index is 1110. The lowest BCUT2D eigenvalue weighted by atomic mass is 9.84. The highest BCUT2D eigenvalue weighted by molar-refractivity contribution is 7.21. The van der Waals surface area contributed by atoms with Crippen molar-refractivity contribution < 1.29 is 15.0 Å². The average Bonchev–Trinajstić information content (AvgIpc) is 3.30. The van der Waals surface area contributed by atoms with Gasteiger partial charge in [-0.25, -0.2) is 4.79 Å². The normalized spacial score (nSPS) is 25.4. The number of nitrogens with zero attached hydrogens (tertiary/aromatic N) is 1. The Labute approximate surface area is 193 Å². The SMILES string of the molecule is O=C([NH2+]C1C[NH+]2CCC1CC2)c1cc2cccc(-c3ccc(N4CCNCC4)cc3)c2s1. The van der Waals surface area contributed by atoms with Crippen LogP contribution in [-0.4, -0.2) is 57.8 Å². The van der Waals surface area contributed by atoms with Crippen molar-refractivity contribution in [2.24, 2.45) is 5.92 Å². The van der Waals surface area contributed by atoms with Crippen LogP contribution in [0.5, 0.6) is 0 Å². The van der Waals surface area contributed by atoms with Gasteiger partial charge in [0.15, 0.2) is 0 Å². The molecule has 2 aromatic carbocycles. The van der Waals surface area contributed by atoms with Gasteiger partial charge in [-0.3, -0.25) is 5.32 Å². The molecule has 5 heterocycles. The van der Waals surface area contributed by atoms with Crippen molar-refractivity contribution in [3.05, 3.63) is 53.4 Å². The third-order valence-corrected chi connectivity index (χ3v) is 8.88. The highest BCUT2D eigenvalue weighted by atomic mass is 32.1. The summed E-state index contributed by atoms with van der Waals surface area (Å²) in [6.45, 7) is 7.94. The second-order valence-corrected chi connectivity index (χ2v) is 10.7. The molecule has 4 aliphatic rings. The second kappa shape index (κ2) is 8.60. The van der Waals surface area contributed by atoms with Gasteiger partial charge in [0.1, 0.15) is 17.5 Å². The third-order valence-electron chi connectivity index (χ3n) is 7.68. The van der Waals surface area contributed by atoms with Gasteiger partial charge in [0.2, 0.25) is 0 Å². The third kappa shape index (κ3) is 3.86. The molecular formula is C26H32N4OS+2. The van der Waals surface area contributed by atoms with E-state index in [4.69, 9.17) is 0 Å². The Kier molecular flexibility index (Phi) is 5.47. The van der Waals surface area contributed by atoms with Crippen LogP contribution in [0.2, 0.25) is 0 Å². The first-order valence-corrected chi connectivity index (χ1v) is 12.9. The van der Waals surface area contributed by atoms with Crippen LogP contribution in [0.3, 0.4) is 0 Å². The Balaban J connectivity index is 1.24. The standard InChI is InChI=1S/C26H30N4OS/c31-26(28-23-17-29-12-8-19(23)9-13-29)24-16-20-2-1-3-22(25(20)32-24)18-4-6-21(7-5-18)30-14-10-27-11-15-30/h1-7,16,19,23,27H,8-15,17H2,(H,28,31)/p+2. The molecule has 3 aromatic rings. The van der Waals surface area contributed by atoms with E-state index in [-0.39, 0.29) is 5.91 Å².